The molecule has 0 fully saturated rings. The largest absolute Gasteiger partial charge is 0.364 e. The normalized spacial score (nSPS) is 13.8. The van der Waals surface area contributed by atoms with Gasteiger partial charge in [0.05, 0.1) is 15.6 Å². The fraction of sp³-hybridized carbons (Fsp3) is 0.0625. The van der Waals surface area contributed by atoms with Crippen molar-refractivity contribution in [1.29, 1.82) is 0 Å². The summed E-state index contributed by atoms with van der Waals surface area (Å²) < 4.78 is 19.1. The van der Waals surface area contributed by atoms with Crippen molar-refractivity contribution in [2.45, 2.75) is 0 Å². The Morgan fingerprint density at radius 1 is 1.21 bits per heavy atom. The molecule has 0 saturated carbocycles. The molecule has 0 spiro atoms. The number of H-pyrrole nitrogens is 1. The molecule has 1 amide bonds. The van der Waals surface area contributed by atoms with E-state index in [0.29, 0.717) is 15.9 Å². The lowest BCUT2D eigenvalue weighted by molar-refractivity contribution is 0.0997. The van der Waals surface area contributed by atoms with Crippen LogP contribution in [0.2, 0.25) is 10.0 Å². The Morgan fingerprint density at radius 3 is 2.54 bits per heavy atom. The van der Waals surface area contributed by atoms with Gasteiger partial charge in [-0.05, 0) is 30.3 Å². The van der Waals surface area contributed by atoms with Crippen molar-refractivity contribution in [2.24, 2.45) is 5.73 Å². The number of carbonyl (C=O) groups is 1. The zero-order valence-corrected chi connectivity index (χ0v) is 15.0. The number of hydrogen-bond acceptors (Lipinski definition) is 3. The van der Waals surface area contributed by atoms with E-state index in [1.165, 1.54) is 7.11 Å². The Hall–Kier alpha value is -1.78. The minimum absolute atomic E-state index is 0.0115. The van der Waals surface area contributed by atoms with E-state index in [2.05, 4.69) is 4.98 Å². The van der Waals surface area contributed by atoms with Crippen LogP contribution in [-0.4, -0.2) is 18.0 Å². The molecule has 3 N–H and O–H groups in total. The number of aromatic nitrogens is 1. The number of benzene rings is 2. The molecule has 0 aliphatic rings. The van der Waals surface area contributed by atoms with Gasteiger partial charge in [0, 0.05) is 23.0 Å². The summed E-state index contributed by atoms with van der Waals surface area (Å²) >= 11 is 12.3. The summed E-state index contributed by atoms with van der Waals surface area (Å²) in [5, 5.41) is 1.66. The van der Waals surface area contributed by atoms with Gasteiger partial charge in [-0.15, -0.1) is 0 Å². The van der Waals surface area contributed by atoms with Gasteiger partial charge in [0.1, 0.15) is 5.69 Å². The molecule has 1 aromatic heterocycles. The Bertz CT molecular complexity index is 1000. The van der Waals surface area contributed by atoms with Gasteiger partial charge in [-0.2, -0.15) is 0 Å². The molecular formula is C16H13Cl2N2O3P. The summed E-state index contributed by atoms with van der Waals surface area (Å²) in [7, 11) is -2.37. The number of aromatic amines is 1. The summed E-state index contributed by atoms with van der Waals surface area (Å²) in [6.45, 7) is 0. The lowest BCUT2D eigenvalue weighted by atomic mass is 10.2. The van der Waals surface area contributed by atoms with Gasteiger partial charge in [0.25, 0.3) is 13.3 Å². The number of nitrogens with one attached hydrogen (secondary N) is 1. The van der Waals surface area contributed by atoms with Crippen LogP contribution in [0.25, 0.3) is 10.9 Å². The van der Waals surface area contributed by atoms with Gasteiger partial charge in [-0.25, -0.2) is 0 Å². The average Bonchev–Trinajstić information content (AvgIpc) is 2.94. The molecule has 8 heteroatoms. The van der Waals surface area contributed by atoms with Crippen LogP contribution in [0.1, 0.15) is 10.5 Å². The van der Waals surface area contributed by atoms with Crippen LogP contribution < -0.4 is 16.3 Å². The summed E-state index contributed by atoms with van der Waals surface area (Å²) in [4.78, 5) is 14.8. The highest BCUT2D eigenvalue weighted by molar-refractivity contribution is 7.75. The highest BCUT2D eigenvalue weighted by Gasteiger charge is 2.36. The molecule has 0 aliphatic carbocycles. The zero-order valence-electron chi connectivity index (χ0n) is 12.5. The highest BCUT2D eigenvalue weighted by Crippen LogP contribution is 2.48. The first-order valence-electron chi connectivity index (χ1n) is 6.91. The van der Waals surface area contributed by atoms with E-state index >= 15 is 0 Å². The second kappa shape index (κ2) is 6.26. The summed E-state index contributed by atoms with van der Waals surface area (Å²) in [6.07, 6.45) is 0. The third kappa shape index (κ3) is 2.64. The molecule has 24 heavy (non-hydrogen) atoms. The van der Waals surface area contributed by atoms with E-state index in [4.69, 9.17) is 33.5 Å². The minimum Gasteiger partial charge on any atom is -0.364 e. The Kier molecular flexibility index (Phi) is 4.45. The minimum atomic E-state index is -3.67. The average molecular weight is 383 g/mol. The fourth-order valence-electron chi connectivity index (χ4n) is 2.63. The summed E-state index contributed by atoms with van der Waals surface area (Å²) in [6, 6.07) is 11.6. The molecule has 1 heterocycles. The second-order valence-corrected chi connectivity index (χ2v) is 8.33. The van der Waals surface area contributed by atoms with Gasteiger partial charge < -0.3 is 15.2 Å². The highest BCUT2D eigenvalue weighted by atomic mass is 35.5. The van der Waals surface area contributed by atoms with Crippen molar-refractivity contribution in [3.05, 3.63) is 58.2 Å². The van der Waals surface area contributed by atoms with E-state index in [-0.39, 0.29) is 21.3 Å². The monoisotopic (exact) mass is 382 g/mol. The van der Waals surface area contributed by atoms with E-state index in [1.54, 1.807) is 42.5 Å². The molecule has 0 radical (unpaired) electrons. The lowest BCUT2D eigenvalue weighted by Crippen LogP contribution is -2.26. The third-order valence-corrected chi connectivity index (χ3v) is 6.99. The van der Waals surface area contributed by atoms with Crippen LogP contribution in [0.15, 0.2) is 42.5 Å². The number of nitrogens with two attached hydrogens (primary N) is 1. The maximum Gasteiger partial charge on any atom is 0.266 e. The van der Waals surface area contributed by atoms with Crippen molar-refractivity contribution in [3.63, 3.8) is 0 Å². The Morgan fingerprint density at radius 2 is 1.92 bits per heavy atom. The molecule has 3 aromatic rings. The number of hydrogen-bond donors (Lipinski definition) is 2. The van der Waals surface area contributed by atoms with Gasteiger partial charge in [0.2, 0.25) is 0 Å². The quantitative estimate of drug-likeness (QED) is 0.677. The number of rotatable bonds is 4. The van der Waals surface area contributed by atoms with E-state index in [0.717, 1.165) is 0 Å². The van der Waals surface area contributed by atoms with E-state index in [1.807, 2.05) is 0 Å². The van der Waals surface area contributed by atoms with Crippen LogP contribution in [0, 0.1) is 0 Å². The molecule has 0 aliphatic heterocycles. The molecule has 0 saturated heterocycles. The third-order valence-electron chi connectivity index (χ3n) is 3.70. The topological polar surface area (TPSA) is 85.2 Å². The maximum absolute atomic E-state index is 13.7. The number of primary amides is 1. The van der Waals surface area contributed by atoms with Gasteiger partial charge in [-0.3, -0.25) is 9.36 Å². The van der Waals surface area contributed by atoms with Crippen LogP contribution in [0.5, 0.6) is 0 Å². The van der Waals surface area contributed by atoms with Gasteiger partial charge >= 0.3 is 0 Å². The maximum atomic E-state index is 13.7. The first kappa shape index (κ1) is 17.1. The SMILES string of the molecule is COP(=O)(c1ccccc1Cl)c1c(C(N)=O)[nH]c2ccc(Cl)cc12. The number of amides is 1. The first-order valence-corrected chi connectivity index (χ1v) is 9.29. The van der Waals surface area contributed by atoms with Crippen molar-refractivity contribution in [3.8, 4) is 0 Å². The van der Waals surface area contributed by atoms with Crippen LogP contribution in [0.4, 0.5) is 0 Å². The molecule has 1 atom stereocenters. The van der Waals surface area contributed by atoms with E-state index < -0.39 is 13.3 Å². The molecule has 2 aromatic carbocycles. The number of fused-ring (bicyclic) bond motifs is 1. The zero-order chi connectivity index (χ0) is 17.5. The molecule has 1 unspecified atom stereocenters. The summed E-state index contributed by atoms with van der Waals surface area (Å²) in [5.41, 5.74) is 6.06. The lowest BCUT2D eigenvalue weighted by Gasteiger charge is -2.18. The molecule has 3 rings (SSSR count). The van der Waals surface area contributed by atoms with Crippen molar-refractivity contribution in [1.82, 2.24) is 4.98 Å². The number of carbonyl (C=O) groups excluding carboxylic acids is 1. The molecule has 5 nitrogen and oxygen atoms in total. The summed E-state index contributed by atoms with van der Waals surface area (Å²) in [5.74, 6) is -0.748. The Labute approximate surface area is 148 Å². The van der Waals surface area contributed by atoms with Crippen molar-refractivity contribution >= 4 is 58.0 Å². The van der Waals surface area contributed by atoms with Crippen molar-refractivity contribution in [2.75, 3.05) is 7.11 Å². The van der Waals surface area contributed by atoms with Crippen LogP contribution in [0.3, 0.4) is 0 Å². The van der Waals surface area contributed by atoms with Crippen molar-refractivity contribution < 1.29 is 13.9 Å². The first-order chi connectivity index (χ1) is 11.4. The van der Waals surface area contributed by atoms with Gasteiger partial charge in [-0.1, -0.05) is 35.3 Å². The van der Waals surface area contributed by atoms with Crippen LogP contribution in [-0.2, 0) is 9.09 Å². The predicted octanol–water partition coefficient (Wildman–Crippen LogP) is 3.45. The predicted molar refractivity (Wildman–Crippen MR) is 97.2 cm³/mol. The fourth-order valence-corrected chi connectivity index (χ4v) is 5.50. The van der Waals surface area contributed by atoms with E-state index in [9.17, 15) is 9.36 Å². The smallest absolute Gasteiger partial charge is 0.266 e. The Balaban J connectivity index is 2.44. The number of halogens is 2. The molecule has 0 bridgehead atoms. The van der Waals surface area contributed by atoms with Gasteiger partial charge in [0.15, 0.2) is 0 Å². The molecular weight excluding hydrogens is 370 g/mol. The second-order valence-electron chi connectivity index (χ2n) is 5.09. The molecule has 124 valence electrons. The standard InChI is InChI=1S/C16H13Cl2N2O3P/c1-23-24(22,13-5-3-2-4-11(13)18)15-10-8-9(17)6-7-12(10)20-14(15)16(19)21/h2-8,20H,1H3,(H2,19,21). The van der Waals surface area contributed by atoms with Crippen LogP contribution >= 0.6 is 30.6 Å².